The second kappa shape index (κ2) is 8.44. The molecule has 0 N–H and O–H groups in total. The van der Waals surface area contributed by atoms with E-state index in [-0.39, 0.29) is 5.82 Å². The second-order valence-electron chi connectivity index (χ2n) is 5.78. The van der Waals surface area contributed by atoms with E-state index in [9.17, 15) is 4.39 Å². The number of ether oxygens (including phenoxy) is 2. The maximum absolute atomic E-state index is 12.9. The number of hydrogen-bond donors (Lipinski definition) is 0. The molecule has 1 aromatic heterocycles. The largest absolute Gasteiger partial charge is 0.497 e. The molecule has 0 aliphatic carbocycles. The van der Waals surface area contributed by atoms with Gasteiger partial charge in [0, 0.05) is 12.1 Å². The Labute approximate surface area is 151 Å². The Bertz CT molecular complexity index is 836. The monoisotopic (exact) mass is 357 g/mol. The van der Waals surface area contributed by atoms with E-state index in [4.69, 9.17) is 14.0 Å². The van der Waals surface area contributed by atoms with E-state index >= 15 is 0 Å². The van der Waals surface area contributed by atoms with Crippen LogP contribution in [0.15, 0.2) is 53.1 Å². The molecule has 0 amide bonds. The zero-order valence-electron chi connectivity index (χ0n) is 14.7. The van der Waals surface area contributed by atoms with E-state index < -0.39 is 0 Å². The first-order valence-electron chi connectivity index (χ1n) is 8.18. The van der Waals surface area contributed by atoms with Crippen molar-refractivity contribution in [1.82, 2.24) is 15.0 Å². The van der Waals surface area contributed by atoms with Crippen LogP contribution in [0.1, 0.15) is 5.89 Å². The molecule has 2 aromatic carbocycles. The summed E-state index contributed by atoms with van der Waals surface area (Å²) in [5.74, 6) is 2.14. The van der Waals surface area contributed by atoms with Crippen molar-refractivity contribution in [2.75, 3.05) is 27.3 Å². The van der Waals surface area contributed by atoms with Gasteiger partial charge in [0.25, 0.3) is 0 Å². The molecule has 0 aliphatic heterocycles. The van der Waals surface area contributed by atoms with E-state index in [0.29, 0.717) is 37.2 Å². The van der Waals surface area contributed by atoms with Crippen molar-refractivity contribution in [3.63, 3.8) is 0 Å². The SMILES string of the molecule is COc1cccc(-c2noc(CN(C)CCOc3ccc(F)cc3)n2)c1. The van der Waals surface area contributed by atoms with E-state index in [1.807, 2.05) is 36.2 Å². The van der Waals surface area contributed by atoms with Gasteiger partial charge in [-0.15, -0.1) is 0 Å². The van der Waals surface area contributed by atoms with Crippen molar-refractivity contribution in [1.29, 1.82) is 0 Å². The number of halogens is 1. The molecular weight excluding hydrogens is 337 g/mol. The third kappa shape index (κ3) is 4.80. The van der Waals surface area contributed by atoms with Gasteiger partial charge >= 0.3 is 0 Å². The molecule has 0 radical (unpaired) electrons. The molecule has 0 saturated heterocycles. The summed E-state index contributed by atoms with van der Waals surface area (Å²) < 4.78 is 29.0. The summed E-state index contributed by atoms with van der Waals surface area (Å²) in [7, 11) is 3.55. The van der Waals surface area contributed by atoms with Gasteiger partial charge in [0.2, 0.25) is 11.7 Å². The lowest BCUT2D eigenvalue weighted by Crippen LogP contribution is -2.24. The van der Waals surface area contributed by atoms with E-state index in [0.717, 1.165) is 11.3 Å². The van der Waals surface area contributed by atoms with Crippen LogP contribution in [0.4, 0.5) is 4.39 Å². The average Bonchev–Trinajstić information content (AvgIpc) is 3.12. The zero-order valence-corrected chi connectivity index (χ0v) is 14.7. The van der Waals surface area contributed by atoms with Crippen LogP contribution >= 0.6 is 0 Å². The predicted molar refractivity (Wildman–Crippen MR) is 94.5 cm³/mol. The summed E-state index contributed by atoms with van der Waals surface area (Å²) in [4.78, 5) is 6.42. The second-order valence-corrected chi connectivity index (χ2v) is 5.78. The number of benzene rings is 2. The van der Waals surface area contributed by atoms with Crippen molar-refractivity contribution in [3.05, 3.63) is 60.2 Å². The van der Waals surface area contributed by atoms with Crippen LogP contribution < -0.4 is 9.47 Å². The van der Waals surface area contributed by atoms with Gasteiger partial charge in [-0.05, 0) is 43.4 Å². The van der Waals surface area contributed by atoms with Gasteiger partial charge in [-0.25, -0.2) is 4.39 Å². The first kappa shape index (κ1) is 17.9. The molecule has 1 heterocycles. The minimum atomic E-state index is -0.280. The van der Waals surface area contributed by atoms with Crippen LogP contribution in [-0.4, -0.2) is 42.3 Å². The number of rotatable bonds is 8. The Morgan fingerprint density at radius 3 is 2.69 bits per heavy atom. The van der Waals surface area contributed by atoms with Crippen molar-refractivity contribution in [2.45, 2.75) is 6.54 Å². The molecule has 0 atom stereocenters. The van der Waals surface area contributed by atoms with Gasteiger partial charge in [-0.1, -0.05) is 17.3 Å². The molecule has 0 aliphatic rings. The highest BCUT2D eigenvalue weighted by molar-refractivity contribution is 5.56. The molecule has 3 rings (SSSR count). The highest BCUT2D eigenvalue weighted by Crippen LogP contribution is 2.21. The van der Waals surface area contributed by atoms with Crippen LogP contribution in [0.5, 0.6) is 11.5 Å². The molecule has 7 heteroatoms. The zero-order chi connectivity index (χ0) is 18.4. The maximum atomic E-state index is 12.9. The Morgan fingerprint density at radius 2 is 1.92 bits per heavy atom. The van der Waals surface area contributed by atoms with Crippen molar-refractivity contribution in [2.24, 2.45) is 0 Å². The smallest absolute Gasteiger partial charge is 0.241 e. The lowest BCUT2D eigenvalue weighted by Gasteiger charge is -2.14. The molecule has 0 bridgehead atoms. The number of nitrogens with zero attached hydrogens (tertiary/aromatic N) is 3. The van der Waals surface area contributed by atoms with Gasteiger partial charge < -0.3 is 14.0 Å². The quantitative estimate of drug-likeness (QED) is 0.616. The van der Waals surface area contributed by atoms with Crippen LogP contribution in [0, 0.1) is 5.82 Å². The molecule has 0 spiro atoms. The first-order valence-corrected chi connectivity index (χ1v) is 8.18. The van der Waals surface area contributed by atoms with Gasteiger partial charge in [0.1, 0.15) is 23.9 Å². The van der Waals surface area contributed by atoms with E-state index in [2.05, 4.69) is 10.1 Å². The highest BCUT2D eigenvalue weighted by Gasteiger charge is 2.11. The summed E-state index contributed by atoms with van der Waals surface area (Å²) in [6.07, 6.45) is 0. The van der Waals surface area contributed by atoms with Crippen molar-refractivity contribution < 1.29 is 18.4 Å². The predicted octanol–water partition coefficient (Wildman–Crippen LogP) is 3.40. The molecule has 0 unspecified atom stereocenters. The molecule has 0 saturated carbocycles. The maximum Gasteiger partial charge on any atom is 0.241 e. The lowest BCUT2D eigenvalue weighted by molar-refractivity contribution is 0.212. The van der Waals surface area contributed by atoms with Gasteiger partial charge in [0.15, 0.2) is 0 Å². The van der Waals surface area contributed by atoms with Gasteiger partial charge in [-0.2, -0.15) is 4.98 Å². The number of hydrogen-bond acceptors (Lipinski definition) is 6. The van der Waals surface area contributed by atoms with Gasteiger partial charge in [0.05, 0.1) is 13.7 Å². The van der Waals surface area contributed by atoms with Crippen LogP contribution in [0.25, 0.3) is 11.4 Å². The van der Waals surface area contributed by atoms with Crippen molar-refractivity contribution in [3.8, 4) is 22.9 Å². The van der Waals surface area contributed by atoms with Crippen LogP contribution in [0.3, 0.4) is 0 Å². The Morgan fingerprint density at radius 1 is 1.12 bits per heavy atom. The normalized spacial score (nSPS) is 10.9. The fourth-order valence-corrected chi connectivity index (χ4v) is 2.36. The minimum Gasteiger partial charge on any atom is -0.497 e. The standard InChI is InChI=1S/C19H20FN3O3/c1-23(10-11-25-16-8-6-15(20)7-9-16)13-18-21-19(22-26-18)14-4-3-5-17(12-14)24-2/h3-9,12H,10-11,13H2,1-2H3. The summed E-state index contributed by atoms with van der Waals surface area (Å²) in [5.41, 5.74) is 0.835. The number of likely N-dealkylation sites (N-methyl/N-ethyl adjacent to an activating group) is 1. The fraction of sp³-hybridized carbons (Fsp3) is 0.263. The van der Waals surface area contributed by atoms with Gasteiger partial charge in [-0.3, -0.25) is 4.90 Å². The van der Waals surface area contributed by atoms with E-state index in [1.165, 1.54) is 12.1 Å². The van der Waals surface area contributed by atoms with Crippen LogP contribution in [-0.2, 0) is 6.54 Å². The number of aromatic nitrogens is 2. The molecule has 3 aromatic rings. The molecule has 6 nitrogen and oxygen atoms in total. The fourth-order valence-electron chi connectivity index (χ4n) is 2.36. The Hall–Kier alpha value is -2.93. The average molecular weight is 357 g/mol. The Balaban J connectivity index is 1.50. The van der Waals surface area contributed by atoms with Crippen molar-refractivity contribution >= 4 is 0 Å². The third-order valence-corrected chi connectivity index (χ3v) is 3.76. The molecule has 26 heavy (non-hydrogen) atoms. The van der Waals surface area contributed by atoms with Crippen LogP contribution in [0.2, 0.25) is 0 Å². The summed E-state index contributed by atoms with van der Waals surface area (Å²) in [5, 5.41) is 4.02. The van der Waals surface area contributed by atoms with E-state index in [1.54, 1.807) is 19.2 Å². The summed E-state index contributed by atoms with van der Waals surface area (Å²) >= 11 is 0. The summed E-state index contributed by atoms with van der Waals surface area (Å²) in [6, 6.07) is 13.4. The number of methoxy groups -OCH3 is 1. The lowest BCUT2D eigenvalue weighted by atomic mass is 10.2. The highest BCUT2D eigenvalue weighted by atomic mass is 19.1. The topological polar surface area (TPSA) is 60.6 Å². The first-order chi connectivity index (χ1) is 12.6. The Kier molecular flexibility index (Phi) is 5.80. The third-order valence-electron chi connectivity index (χ3n) is 3.76. The summed E-state index contributed by atoms with van der Waals surface area (Å²) in [6.45, 7) is 1.64. The molecule has 136 valence electrons. The minimum absolute atomic E-state index is 0.280. The molecular formula is C19H20FN3O3. The molecule has 0 fully saturated rings.